The fourth-order valence-corrected chi connectivity index (χ4v) is 0.747. The van der Waals surface area contributed by atoms with E-state index >= 15 is 0 Å². The maximum atomic E-state index is 10.5. The number of hydrogen-bond acceptors (Lipinski definition) is 1. The van der Waals surface area contributed by atoms with Crippen molar-refractivity contribution in [1.29, 1.82) is 0 Å². The summed E-state index contributed by atoms with van der Waals surface area (Å²) in [5.74, 6) is 0.275. The summed E-state index contributed by atoms with van der Waals surface area (Å²) < 4.78 is 0. The Labute approximate surface area is 78.6 Å². The lowest BCUT2D eigenvalue weighted by Crippen LogP contribution is -2.09. The first kappa shape index (κ1) is 17.7. The molecule has 0 saturated heterocycles. The minimum Gasteiger partial charge on any atom is -0.300 e. The van der Waals surface area contributed by atoms with E-state index in [1.807, 2.05) is 27.7 Å². The number of ketones is 1. The molecule has 0 aromatic carbocycles. The van der Waals surface area contributed by atoms with Gasteiger partial charge in [-0.05, 0) is 12.3 Å². The molecule has 0 atom stereocenters. The summed E-state index contributed by atoms with van der Waals surface area (Å²) in [6.07, 6.45) is 0.687. The molecule has 0 spiro atoms. The molecule has 76 valence electrons. The molecule has 0 unspecified atom stereocenters. The summed E-state index contributed by atoms with van der Waals surface area (Å²) in [5.41, 5.74) is 0.172. The second-order valence-corrected chi connectivity index (χ2v) is 3.44. The molecular weight excluding hydrogens is 148 g/mol. The molecule has 0 amide bonds. The third-order valence-corrected chi connectivity index (χ3v) is 0.779. The van der Waals surface area contributed by atoms with Crippen LogP contribution in [0.1, 0.15) is 61.8 Å². The Kier molecular flexibility index (Phi) is 15.7. The van der Waals surface area contributed by atoms with Crippen LogP contribution in [0.3, 0.4) is 0 Å². The van der Waals surface area contributed by atoms with E-state index in [0.29, 0.717) is 6.42 Å². The Balaban J connectivity index is -0.000000175. The van der Waals surface area contributed by atoms with E-state index < -0.39 is 0 Å². The molecule has 0 rings (SSSR count). The van der Waals surface area contributed by atoms with E-state index in [-0.39, 0.29) is 11.2 Å². The standard InChI is InChI=1S/C7H14O.2C2H6/c1-6(8)5-7(2,3)4;2*1-2/h5H2,1-4H3;2*1-2H3. The van der Waals surface area contributed by atoms with E-state index in [9.17, 15) is 4.79 Å². The van der Waals surface area contributed by atoms with Gasteiger partial charge in [0, 0.05) is 6.42 Å². The van der Waals surface area contributed by atoms with Gasteiger partial charge in [-0.3, -0.25) is 0 Å². The van der Waals surface area contributed by atoms with Crippen LogP contribution in [0, 0.1) is 5.41 Å². The average Bonchev–Trinajstić information content (AvgIpc) is 1.91. The van der Waals surface area contributed by atoms with Crippen LogP contribution in [0.25, 0.3) is 0 Å². The van der Waals surface area contributed by atoms with E-state index in [4.69, 9.17) is 0 Å². The van der Waals surface area contributed by atoms with Crippen LogP contribution in [0.5, 0.6) is 0 Å². The van der Waals surface area contributed by atoms with Crippen molar-refractivity contribution in [2.45, 2.75) is 61.8 Å². The molecule has 0 aliphatic heterocycles. The second kappa shape index (κ2) is 10.7. The van der Waals surface area contributed by atoms with Crippen molar-refractivity contribution in [1.82, 2.24) is 0 Å². The number of hydrogen-bond donors (Lipinski definition) is 0. The van der Waals surface area contributed by atoms with Gasteiger partial charge in [0.1, 0.15) is 5.78 Å². The zero-order valence-electron chi connectivity index (χ0n) is 10.1. The zero-order valence-corrected chi connectivity index (χ0v) is 10.1. The van der Waals surface area contributed by atoms with Crippen molar-refractivity contribution in [2.24, 2.45) is 5.41 Å². The highest BCUT2D eigenvalue weighted by Gasteiger charge is 2.11. The first-order valence-electron chi connectivity index (χ1n) is 4.91. The molecule has 0 N–H and O–H groups in total. The van der Waals surface area contributed by atoms with Gasteiger partial charge in [0.25, 0.3) is 0 Å². The largest absolute Gasteiger partial charge is 0.300 e. The van der Waals surface area contributed by atoms with Crippen LogP contribution < -0.4 is 0 Å². The summed E-state index contributed by atoms with van der Waals surface area (Å²) >= 11 is 0. The molecule has 1 heteroatoms. The minimum atomic E-state index is 0.172. The fraction of sp³-hybridized carbons (Fsp3) is 0.909. The highest BCUT2D eigenvalue weighted by molar-refractivity contribution is 5.76. The quantitative estimate of drug-likeness (QED) is 0.586. The molecule has 0 aliphatic carbocycles. The Morgan fingerprint density at radius 2 is 1.25 bits per heavy atom. The monoisotopic (exact) mass is 174 g/mol. The lowest BCUT2D eigenvalue weighted by molar-refractivity contribution is -0.118. The van der Waals surface area contributed by atoms with E-state index in [1.54, 1.807) is 6.92 Å². The average molecular weight is 174 g/mol. The van der Waals surface area contributed by atoms with Gasteiger partial charge in [0.15, 0.2) is 0 Å². The van der Waals surface area contributed by atoms with Crippen LogP contribution in [0.4, 0.5) is 0 Å². The van der Waals surface area contributed by atoms with Crippen LogP contribution in [0.2, 0.25) is 0 Å². The first-order valence-corrected chi connectivity index (χ1v) is 4.91. The Hall–Kier alpha value is -0.330. The lowest BCUT2D eigenvalue weighted by Gasteiger charge is -2.14. The molecule has 0 saturated carbocycles. The smallest absolute Gasteiger partial charge is 0.130 e. The van der Waals surface area contributed by atoms with Gasteiger partial charge >= 0.3 is 0 Å². The minimum absolute atomic E-state index is 0.172. The maximum Gasteiger partial charge on any atom is 0.130 e. The normalized spacial score (nSPS) is 8.67. The third-order valence-electron chi connectivity index (χ3n) is 0.779. The molecular formula is C11H26O. The summed E-state index contributed by atoms with van der Waals surface area (Å²) in [5, 5.41) is 0. The number of rotatable bonds is 1. The number of Topliss-reactive ketones (excluding diaryl/α,β-unsaturated/α-hetero) is 1. The first-order chi connectivity index (χ1) is 5.42. The van der Waals surface area contributed by atoms with E-state index in [1.165, 1.54) is 0 Å². The lowest BCUT2D eigenvalue weighted by atomic mass is 9.91. The highest BCUT2D eigenvalue weighted by atomic mass is 16.1. The Morgan fingerprint density at radius 1 is 1.00 bits per heavy atom. The Morgan fingerprint density at radius 3 is 1.25 bits per heavy atom. The molecule has 0 aliphatic rings. The molecule has 0 heterocycles. The van der Waals surface area contributed by atoms with Crippen molar-refractivity contribution in [3.8, 4) is 0 Å². The summed E-state index contributed by atoms with van der Waals surface area (Å²) in [7, 11) is 0. The van der Waals surface area contributed by atoms with Crippen molar-refractivity contribution < 1.29 is 4.79 Å². The van der Waals surface area contributed by atoms with Gasteiger partial charge in [-0.1, -0.05) is 48.5 Å². The molecule has 0 aromatic heterocycles. The summed E-state index contributed by atoms with van der Waals surface area (Å²) in [6.45, 7) is 15.8. The number of carbonyl (C=O) groups excluding carboxylic acids is 1. The van der Waals surface area contributed by atoms with Gasteiger partial charge < -0.3 is 4.79 Å². The van der Waals surface area contributed by atoms with Crippen molar-refractivity contribution in [3.63, 3.8) is 0 Å². The molecule has 0 fully saturated rings. The predicted molar refractivity (Wildman–Crippen MR) is 57.4 cm³/mol. The van der Waals surface area contributed by atoms with Gasteiger partial charge in [-0.25, -0.2) is 0 Å². The topological polar surface area (TPSA) is 17.1 Å². The van der Waals surface area contributed by atoms with Crippen molar-refractivity contribution >= 4 is 5.78 Å². The Bertz CT molecular complexity index is 87.7. The number of carbonyl (C=O) groups is 1. The highest BCUT2D eigenvalue weighted by Crippen LogP contribution is 2.17. The molecule has 0 bridgehead atoms. The predicted octanol–water partition coefficient (Wildman–Crippen LogP) is 4.06. The van der Waals surface area contributed by atoms with E-state index in [0.717, 1.165) is 0 Å². The molecule has 0 aromatic rings. The maximum absolute atomic E-state index is 10.5. The summed E-state index contributed by atoms with van der Waals surface area (Å²) in [4.78, 5) is 10.5. The third kappa shape index (κ3) is 33.3. The van der Waals surface area contributed by atoms with Crippen molar-refractivity contribution in [3.05, 3.63) is 0 Å². The molecule has 0 radical (unpaired) electrons. The summed E-state index contributed by atoms with van der Waals surface area (Å²) in [6, 6.07) is 0. The zero-order chi connectivity index (χ0) is 10.8. The second-order valence-electron chi connectivity index (χ2n) is 3.44. The van der Waals surface area contributed by atoms with Crippen LogP contribution >= 0.6 is 0 Å². The van der Waals surface area contributed by atoms with Crippen LogP contribution in [-0.4, -0.2) is 5.78 Å². The van der Waals surface area contributed by atoms with Gasteiger partial charge in [-0.15, -0.1) is 0 Å². The fourth-order valence-electron chi connectivity index (χ4n) is 0.747. The van der Waals surface area contributed by atoms with Gasteiger partial charge in [-0.2, -0.15) is 0 Å². The SMILES string of the molecule is CC.CC.CC(=O)CC(C)(C)C. The van der Waals surface area contributed by atoms with Crippen molar-refractivity contribution in [2.75, 3.05) is 0 Å². The molecule has 12 heavy (non-hydrogen) atoms. The van der Waals surface area contributed by atoms with Crippen LogP contribution in [0.15, 0.2) is 0 Å². The van der Waals surface area contributed by atoms with Gasteiger partial charge in [0.2, 0.25) is 0 Å². The van der Waals surface area contributed by atoms with E-state index in [2.05, 4.69) is 20.8 Å². The van der Waals surface area contributed by atoms with Crippen LogP contribution in [-0.2, 0) is 4.79 Å². The molecule has 1 nitrogen and oxygen atoms in total. The van der Waals surface area contributed by atoms with Gasteiger partial charge in [0.05, 0.1) is 0 Å².